The van der Waals surface area contributed by atoms with Gasteiger partial charge in [0, 0.05) is 50.2 Å². The van der Waals surface area contributed by atoms with Crippen molar-refractivity contribution in [1.29, 1.82) is 0 Å². The predicted octanol–water partition coefficient (Wildman–Crippen LogP) is 2.65. The van der Waals surface area contributed by atoms with Crippen molar-refractivity contribution in [3.05, 3.63) is 48.0 Å². The smallest absolute Gasteiger partial charge is 0.231 e. The first-order chi connectivity index (χ1) is 13.2. The van der Waals surface area contributed by atoms with E-state index in [1.807, 2.05) is 18.2 Å². The zero-order chi connectivity index (χ0) is 18.6. The molecule has 0 amide bonds. The van der Waals surface area contributed by atoms with Crippen LogP contribution in [-0.2, 0) is 6.54 Å². The van der Waals surface area contributed by atoms with Crippen molar-refractivity contribution < 1.29 is 9.47 Å². The maximum Gasteiger partial charge on any atom is 0.231 e. The number of likely N-dealkylation sites (N-methyl/N-ethyl adjacent to an activating group) is 1. The standard InChI is InChI=1S/C20H24N4O2S/c1-23-8-10-24(11-9-23)17-5-2-15(3-6-17)13-21-20(27)22-16-4-7-18-19(12-16)26-14-25-18/h2-7,12H,8-11,13-14H2,1H3,(H2,21,22,27). The van der Waals surface area contributed by atoms with Gasteiger partial charge < -0.3 is 29.9 Å². The van der Waals surface area contributed by atoms with Gasteiger partial charge in [0.25, 0.3) is 0 Å². The fourth-order valence-electron chi connectivity index (χ4n) is 3.22. The molecule has 1 saturated heterocycles. The normalized spacial score (nSPS) is 16.3. The monoisotopic (exact) mass is 384 g/mol. The van der Waals surface area contributed by atoms with Gasteiger partial charge in [-0.15, -0.1) is 0 Å². The van der Waals surface area contributed by atoms with Crippen molar-refractivity contribution in [3.8, 4) is 11.5 Å². The molecule has 142 valence electrons. The van der Waals surface area contributed by atoms with Crippen LogP contribution in [0.5, 0.6) is 11.5 Å². The predicted molar refractivity (Wildman–Crippen MR) is 112 cm³/mol. The lowest BCUT2D eigenvalue weighted by molar-refractivity contribution is 0.174. The second-order valence-electron chi connectivity index (χ2n) is 6.83. The van der Waals surface area contributed by atoms with Gasteiger partial charge in [-0.3, -0.25) is 0 Å². The Morgan fingerprint density at radius 3 is 2.52 bits per heavy atom. The zero-order valence-electron chi connectivity index (χ0n) is 15.4. The highest BCUT2D eigenvalue weighted by Crippen LogP contribution is 2.34. The summed E-state index contributed by atoms with van der Waals surface area (Å²) in [7, 11) is 2.17. The Morgan fingerprint density at radius 1 is 1.00 bits per heavy atom. The highest BCUT2D eigenvalue weighted by molar-refractivity contribution is 7.80. The van der Waals surface area contributed by atoms with Crippen LogP contribution in [0.2, 0.25) is 0 Å². The molecule has 0 radical (unpaired) electrons. The summed E-state index contributed by atoms with van der Waals surface area (Å²) in [5.74, 6) is 1.50. The number of hydrogen-bond acceptors (Lipinski definition) is 5. The van der Waals surface area contributed by atoms with Crippen LogP contribution < -0.4 is 25.0 Å². The summed E-state index contributed by atoms with van der Waals surface area (Å²) >= 11 is 5.40. The molecule has 7 heteroatoms. The van der Waals surface area contributed by atoms with Crippen LogP contribution >= 0.6 is 12.2 Å². The minimum absolute atomic E-state index is 0.269. The quantitative estimate of drug-likeness (QED) is 0.786. The fourth-order valence-corrected chi connectivity index (χ4v) is 3.41. The third-order valence-corrected chi connectivity index (χ3v) is 5.13. The molecule has 2 aliphatic rings. The second-order valence-corrected chi connectivity index (χ2v) is 7.24. The average molecular weight is 385 g/mol. The molecule has 6 nitrogen and oxygen atoms in total. The Hall–Kier alpha value is -2.51. The molecule has 27 heavy (non-hydrogen) atoms. The lowest BCUT2D eigenvalue weighted by Gasteiger charge is -2.34. The molecule has 0 aliphatic carbocycles. The van der Waals surface area contributed by atoms with Crippen LogP contribution in [0.25, 0.3) is 0 Å². The van der Waals surface area contributed by atoms with Crippen LogP contribution in [0.15, 0.2) is 42.5 Å². The van der Waals surface area contributed by atoms with Gasteiger partial charge in [-0.2, -0.15) is 0 Å². The zero-order valence-corrected chi connectivity index (χ0v) is 16.2. The highest BCUT2D eigenvalue weighted by atomic mass is 32.1. The number of hydrogen-bond donors (Lipinski definition) is 2. The van der Waals surface area contributed by atoms with Gasteiger partial charge in [0.15, 0.2) is 16.6 Å². The molecule has 0 saturated carbocycles. The van der Waals surface area contributed by atoms with Gasteiger partial charge in [0.2, 0.25) is 6.79 Å². The molecule has 2 N–H and O–H groups in total. The van der Waals surface area contributed by atoms with Crippen LogP contribution in [0.3, 0.4) is 0 Å². The number of piperazine rings is 1. The summed E-state index contributed by atoms with van der Waals surface area (Å²) in [4.78, 5) is 4.80. The second kappa shape index (κ2) is 8.02. The van der Waals surface area contributed by atoms with E-state index in [2.05, 4.69) is 51.7 Å². The summed E-state index contributed by atoms with van der Waals surface area (Å²) < 4.78 is 10.7. The largest absolute Gasteiger partial charge is 0.454 e. The van der Waals surface area contributed by atoms with E-state index in [0.717, 1.165) is 43.4 Å². The van der Waals surface area contributed by atoms with Gasteiger partial charge in [0.05, 0.1) is 0 Å². The van der Waals surface area contributed by atoms with Crippen molar-refractivity contribution in [3.63, 3.8) is 0 Å². The molecule has 0 bridgehead atoms. The van der Waals surface area contributed by atoms with E-state index in [-0.39, 0.29) is 6.79 Å². The number of rotatable bonds is 4. The molecule has 2 aromatic carbocycles. The molecule has 1 fully saturated rings. The van der Waals surface area contributed by atoms with Gasteiger partial charge in [-0.25, -0.2) is 0 Å². The Bertz CT molecular complexity index is 804. The van der Waals surface area contributed by atoms with E-state index in [9.17, 15) is 0 Å². The van der Waals surface area contributed by atoms with Crippen molar-refractivity contribution in [2.24, 2.45) is 0 Å². The number of benzene rings is 2. The Balaban J connectivity index is 1.27. The summed E-state index contributed by atoms with van der Waals surface area (Å²) in [6.45, 7) is 5.34. The number of nitrogens with one attached hydrogen (secondary N) is 2. The van der Waals surface area contributed by atoms with Gasteiger partial charge in [-0.05, 0) is 49.1 Å². The molecule has 0 atom stereocenters. The first-order valence-electron chi connectivity index (χ1n) is 9.14. The van der Waals surface area contributed by atoms with Crippen molar-refractivity contribution in [2.75, 3.05) is 50.2 Å². The van der Waals surface area contributed by atoms with E-state index in [4.69, 9.17) is 21.7 Å². The Kier molecular flexibility index (Phi) is 5.31. The molecule has 0 unspecified atom stereocenters. The topological polar surface area (TPSA) is 49.0 Å². The lowest BCUT2D eigenvalue weighted by Crippen LogP contribution is -2.44. The molecule has 2 aliphatic heterocycles. The summed E-state index contributed by atoms with van der Waals surface area (Å²) in [5.41, 5.74) is 3.36. The van der Waals surface area contributed by atoms with E-state index in [0.29, 0.717) is 11.7 Å². The number of nitrogens with zero attached hydrogens (tertiary/aromatic N) is 2. The highest BCUT2D eigenvalue weighted by Gasteiger charge is 2.15. The Morgan fingerprint density at radius 2 is 1.74 bits per heavy atom. The summed E-state index contributed by atoms with van der Waals surface area (Å²) in [6.07, 6.45) is 0. The minimum Gasteiger partial charge on any atom is -0.454 e. The number of thiocarbonyl (C=S) groups is 1. The minimum atomic E-state index is 0.269. The average Bonchev–Trinajstić information content (AvgIpc) is 3.15. The van der Waals surface area contributed by atoms with E-state index >= 15 is 0 Å². The molecular weight excluding hydrogens is 360 g/mol. The molecular formula is C20H24N4O2S. The first kappa shape index (κ1) is 17.9. The van der Waals surface area contributed by atoms with Gasteiger partial charge in [-0.1, -0.05) is 12.1 Å². The third kappa shape index (κ3) is 4.43. The van der Waals surface area contributed by atoms with Crippen molar-refractivity contribution in [1.82, 2.24) is 10.2 Å². The summed E-state index contributed by atoms with van der Waals surface area (Å²) in [6, 6.07) is 14.4. The lowest BCUT2D eigenvalue weighted by atomic mass is 10.2. The molecule has 2 heterocycles. The van der Waals surface area contributed by atoms with Gasteiger partial charge in [0.1, 0.15) is 0 Å². The van der Waals surface area contributed by atoms with E-state index < -0.39 is 0 Å². The maximum atomic E-state index is 5.40. The van der Waals surface area contributed by atoms with E-state index in [1.165, 1.54) is 11.3 Å². The third-order valence-electron chi connectivity index (χ3n) is 4.89. The van der Waals surface area contributed by atoms with Crippen LogP contribution in [-0.4, -0.2) is 50.0 Å². The summed E-state index contributed by atoms with van der Waals surface area (Å²) in [5, 5.41) is 7.01. The Labute approximate surface area is 165 Å². The van der Waals surface area contributed by atoms with Crippen molar-refractivity contribution >= 4 is 28.7 Å². The fraction of sp³-hybridized carbons (Fsp3) is 0.350. The number of fused-ring (bicyclic) bond motifs is 1. The maximum absolute atomic E-state index is 5.40. The van der Waals surface area contributed by atoms with E-state index in [1.54, 1.807) is 0 Å². The molecule has 2 aromatic rings. The van der Waals surface area contributed by atoms with Crippen molar-refractivity contribution in [2.45, 2.75) is 6.54 Å². The molecule has 0 aromatic heterocycles. The first-order valence-corrected chi connectivity index (χ1v) is 9.55. The number of anilines is 2. The number of ether oxygens (including phenoxy) is 2. The van der Waals surface area contributed by atoms with Crippen LogP contribution in [0, 0.1) is 0 Å². The SMILES string of the molecule is CN1CCN(c2ccc(CNC(=S)Nc3ccc4c(c3)OCO4)cc2)CC1. The van der Waals surface area contributed by atoms with Crippen LogP contribution in [0.1, 0.15) is 5.56 Å². The van der Waals surface area contributed by atoms with Gasteiger partial charge >= 0.3 is 0 Å². The van der Waals surface area contributed by atoms with Crippen LogP contribution in [0.4, 0.5) is 11.4 Å². The molecule has 0 spiro atoms. The molecule has 4 rings (SSSR count).